The van der Waals surface area contributed by atoms with Gasteiger partial charge in [0.25, 0.3) is 0 Å². The van der Waals surface area contributed by atoms with E-state index in [9.17, 15) is 0 Å². The van der Waals surface area contributed by atoms with Gasteiger partial charge in [0.1, 0.15) is 18.3 Å². The third-order valence-corrected chi connectivity index (χ3v) is 4.43. The third kappa shape index (κ3) is 3.24. The highest BCUT2D eigenvalue weighted by Crippen LogP contribution is 2.21. The van der Waals surface area contributed by atoms with Gasteiger partial charge in [0.05, 0.1) is 13.7 Å². The van der Waals surface area contributed by atoms with E-state index in [1.54, 1.807) is 12.0 Å². The molecule has 0 radical (unpaired) electrons. The van der Waals surface area contributed by atoms with Crippen LogP contribution in [0.15, 0.2) is 48.8 Å². The predicted octanol–water partition coefficient (Wildman–Crippen LogP) is 2.40. The van der Waals surface area contributed by atoms with E-state index < -0.39 is 0 Å². The summed E-state index contributed by atoms with van der Waals surface area (Å²) in [5.41, 5.74) is 2.66. The van der Waals surface area contributed by atoms with Crippen molar-refractivity contribution < 1.29 is 9.64 Å². The zero-order valence-corrected chi connectivity index (χ0v) is 12.6. The maximum atomic E-state index is 5.50. The standard InChI is InChI=1S/C18H22N2O/c1-21-18-10-3-2-7-16(18)14-20-12-5-4-9-17(20)15-8-6-11-19-13-15/h2-3,6-8,10-11,13,17H,4-5,9,12,14H2,1H3/p+1/t17-/m1/s1. The highest BCUT2D eigenvalue weighted by atomic mass is 16.5. The van der Waals surface area contributed by atoms with Crippen molar-refractivity contribution in [2.45, 2.75) is 31.8 Å². The van der Waals surface area contributed by atoms with Crippen LogP contribution in [0.25, 0.3) is 0 Å². The van der Waals surface area contributed by atoms with Crippen molar-refractivity contribution >= 4 is 0 Å². The molecule has 1 aliphatic rings. The van der Waals surface area contributed by atoms with Gasteiger partial charge in [-0.15, -0.1) is 0 Å². The average Bonchev–Trinajstić information content (AvgIpc) is 2.57. The van der Waals surface area contributed by atoms with Crippen LogP contribution in [0.5, 0.6) is 5.75 Å². The van der Waals surface area contributed by atoms with Crippen LogP contribution in [0.2, 0.25) is 0 Å². The summed E-state index contributed by atoms with van der Waals surface area (Å²) < 4.78 is 5.50. The monoisotopic (exact) mass is 283 g/mol. The number of pyridine rings is 1. The second-order valence-electron chi connectivity index (χ2n) is 5.73. The van der Waals surface area contributed by atoms with E-state index in [2.05, 4.69) is 29.2 Å². The molecule has 2 atom stereocenters. The maximum Gasteiger partial charge on any atom is 0.127 e. The fourth-order valence-electron chi connectivity index (χ4n) is 3.37. The largest absolute Gasteiger partial charge is 0.496 e. The van der Waals surface area contributed by atoms with Gasteiger partial charge in [-0.25, -0.2) is 0 Å². The van der Waals surface area contributed by atoms with Crippen LogP contribution in [0, 0.1) is 0 Å². The lowest BCUT2D eigenvalue weighted by atomic mass is 9.95. The van der Waals surface area contributed by atoms with Crippen LogP contribution in [-0.2, 0) is 6.54 Å². The number of hydrogen-bond donors (Lipinski definition) is 1. The van der Waals surface area contributed by atoms with Gasteiger partial charge in [-0.3, -0.25) is 4.98 Å². The van der Waals surface area contributed by atoms with Crippen LogP contribution in [0.3, 0.4) is 0 Å². The summed E-state index contributed by atoms with van der Waals surface area (Å²) in [5.74, 6) is 1.00. The molecule has 0 spiro atoms. The minimum absolute atomic E-state index is 0.553. The Bertz CT molecular complexity index is 570. The van der Waals surface area contributed by atoms with Gasteiger partial charge >= 0.3 is 0 Å². The number of aromatic nitrogens is 1. The number of nitrogens with one attached hydrogen (secondary N) is 1. The minimum atomic E-state index is 0.553. The number of benzene rings is 1. The molecule has 0 bridgehead atoms. The molecule has 0 amide bonds. The number of nitrogens with zero attached hydrogens (tertiary/aromatic N) is 1. The molecule has 1 aromatic heterocycles. The van der Waals surface area contributed by atoms with Crippen LogP contribution < -0.4 is 9.64 Å². The lowest BCUT2D eigenvalue weighted by Gasteiger charge is -2.33. The number of quaternary nitrogens is 1. The molecule has 3 rings (SSSR count). The van der Waals surface area contributed by atoms with Crippen molar-refractivity contribution in [2.75, 3.05) is 13.7 Å². The molecule has 3 nitrogen and oxygen atoms in total. The predicted molar refractivity (Wildman–Crippen MR) is 83.4 cm³/mol. The van der Waals surface area contributed by atoms with Crippen molar-refractivity contribution in [3.8, 4) is 5.75 Å². The smallest absolute Gasteiger partial charge is 0.127 e. The molecule has 110 valence electrons. The zero-order valence-electron chi connectivity index (χ0n) is 12.6. The molecule has 1 aliphatic heterocycles. The summed E-state index contributed by atoms with van der Waals surface area (Å²) in [5, 5.41) is 0. The van der Waals surface area contributed by atoms with Gasteiger partial charge in [-0.2, -0.15) is 0 Å². The molecule has 2 heterocycles. The lowest BCUT2D eigenvalue weighted by molar-refractivity contribution is -0.950. The molecule has 1 aromatic carbocycles. The molecule has 1 unspecified atom stereocenters. The van der Waals surface area contributed by atoms with Gasteiger partial charge in [0.15, 0.2) is 0 Å². The summed E-state index contributed by atoms with van der Waals surface area (Å²) in [6.45, 7) is 2.24. The van der Waals surface area contributed by atoms with Gasteiger partial charge in [0, 0.05) is 29.9 Å². The SMILES string of the molecule is COc1ccccc1C[NH+]1CCCC[C@@H]1c1cccnc1. The van der Waals surface area contributed by atoms with Gasteiger partial charge in [0.2, 0.25) is 0 Å². The lowest BCUT2D eigenvalue weighted by Crippen LogP contribution is -3.11. The first kappa shape index (κ1) is 14.1. The number of piperidine rings is 1. The topological polar surface area (TPSA) is 26.6 Å². The fraction of sp³-hybridized carbons (Fsp3) is 0.389. The Balaban J connectivity index is 1.82. The molecule has 21 heavy (non-hydrogen) atoms. The van der Waals surface area contributed by atoms with Crippen LogP contribution in [0.4, 0.5) is 0 Å². The first-order valence-corrected chi connectivity index (χ1v) is 7.75. The second-order valence-corrected chi connectivity index (χ2v) is 5.73. The Morgan fingerprint density at radius 1 is 1.19 bits per heavy atom. The highest BCUT2D eigenvalue weighted by molar-refractivity contribution is 5.32. The van der Waals surface area contributed by atoms with Crippen LogP contribution in [-0.4, -0.2) is 18.6 Å². The van der Waals surface area contributed by atoms with Gasteiger partial charge in [-0.05, 0) is 31.0 Å². The van der Waals surface area contributed by atoms with Crippen LogP contribution >= 0.6 is 0 Å². The molecule has 2 aromatic rings. The van der Waals surface area contributed by atoms with E-state index in [-0.39, 0.29) is 0 Å². The van der Waals surface area contributed by atoms with Crippen molar-refractivity contribution in [3.05, 3.63) is 59.9 Å². The second kappa shape index (κ2) is 6.72. The first-order chi connectivity index (χ1) is 10.4. The van der Waals surface area contributed by atoms with Gasteiger partial charge < -0.3 is 9.64 Å². The average molecular weight is 283 g/mol. The fourth-order valence-corrected chi connectivity index (χ4v) is 3.37. The Hall–Kier alpha value is -1.87. The quantitative estimate of drug-likeness (QED) is 0.932. The van der Waals surface area contributed by atoms with E-state index in [1.165, 1.54) is 36.9 Å². The molecular formula is C18H23N2O+. The molecule has 0 aliphatic carbocycles. The third-order valence-electron chi connectivity index (χ3n) is 4.43. The molecular weight excluding hydrogens is 260 g/mol. The summed E-state index contributed by atoms with van der Waals surface area (Å²) in [7, 11) is 1.75. The van der Waals surface area contributed by atoms with Gasteiger partial charge in [-0.1, -0.05) is 18.2 Å². The van der Waals surface area contributed by atoms with E-state index >= 15 is 0 Å². The van der Waals surface area contributed by atoms with Crippen molar-refractivity contribution in [1.29, 1.82) is 0 Å². The number of ether oxygens (including phenoxy) is 1. The Kier molecular flexibility index (Phi) is 4.51. The summed E-state index contributed by atoms with van der Waals surface area (Å²) in [6, 6.07) is 13.2. The van der Waals surface area contributed by atoms with Crippen LogP contribution in [0.1, 0.15) is 36.4 Å². The molecule has 1 fully saturated rings. The normalized spacial score (nSPS) is 22.0. The number of hydrogen-bond acceptors (Lipinski definition) is 2. The minimum Gasteiger partial charge on any atom is -0.496 e. The summed E-state index contributed by atoms with van der Waals surface area (Å²) >= 11 is 0. The van der Waals surface area contributed by atoms with Crippen molar-refractivity contribution in [1.82, 2.24) is 4.98 Å². The molecule has 3 heteroatoms. The number of likely N-dealkylation sites (tertiary alicyclic amines) is 1. The van der Waals surface area contributed by atoms with E-state index in [1.807, 2.05) is 24.5 Å². The Labute approximate surface area is 126 Å². The highest BCUT2D eigenvalue weighted by Gasteiger charge is 2.28. The number of rotatable bonds is 4. The molecule has 1 N–H and O–H groups in total. The number of para-hydroxylation sites is 1. The van der Waals surface area contributed by atoms with E-state index in [0.717, 1.165) is 12.3 Å². The van der Waals surface area contributed by atoms with Crippen molar-refractivity contribution in [3.63, 3.8) is 0 Å². The van der Waals surface area contributed by atoms with Crippen molar-refractivity contribution in [2.24, 2.45) is 0 Å². The zero-order chi connectivity index (χ0) is 14.5. The summed E-state index contributed by atoms with van der Waals surface area (Å²) in [4.78, 5) is 5.92. The van der Waals surface area contributed by atoms with E-state index in [4.69, 9.17) is 4.74 Å². The summed E-state index contributed by atoms with van der Waals surface area (Å²) in [6.07, 6.45) is 7.75. The Morgan fingerprint density at radius 2 is 2.10 bits per heavy atom. The number of methoxy groups -OCH3 is 1. The van der Waals surface area contributed by atoms with E-state index in [0.29, 0.717) is 6.04 Å². The molecule has 1 saturated heterocycles. The first-order valence-electron chi connectivity index (χ1n) is 7.75. The Morgan fingerprint density at radius 3 is 2.90 bits per heavy atom. The molecule has 0 saturated carbocycles. The maximum absolute atomic E-state index is 5.50.